The number of fused-ring (bicyclic) bond motifs is 1. The summed E-state index contributed by atoms with van der Waals surface area (Å²) in [6, 6.07) is 11.2. The van der Waals surface area contributed by atoms with Gasteiger partial charge in [-0.25, -0.2) is 4.68 Å². The van der Waals surface area contributed by atoms with Crippen molar-refractivity contribution in [2.24, 2.45) is 0 Å². The van der Waals surface area contributed by atoms with Crippen LogP contribution in [-0.2, 0) is 16.1 Å². The first-order chi connectivity index (χ1) is 15.2. The zero-order valence-electron chi connectivity index (χ0n) is 17.2. The maximum Gasteiger partial charge on any atom is 0.255 e. The Labute approximate surface area is 179 Å². The number of aromatic nitrogens is 4. The molecule has 0 bridgehead atoms. The standard InChI is InChI=1S/C22H24N6O3/c29-21(15-28-20-5-2-1-4-18(20)24-25-28)27-9-3-6-19(27)17-8-7-16(14-23-17)22(30)26-10-12-31-13-11-26/h1-2,4-5,7-8,14,19H,3,6,9-13,15H2. The van der Waals surface area contributed by atoms with Crippen molar-refractivity contribution in [1.29, 1.82) is 0 Å². The monoisotopic (exact) mass is 420 g/mol. The highest BCUT2D eigenvalue weighted by Gasteiger charge is 2.31. The SMILES string of the molecule is O=C(c1ccc(C2CCCN2C(=O)Cn2nnc3ccccc32)nc1)N1CCOCC1. The number of hydrogen-bond acceptors (Lipinski definition) is 6. The molecule has 9 heteroatoms. The van der Waals surface area contributed by atoms with Gasteiger partial charge in [0.2, 0.25) is 5.91 Å². The summed E-state index contributed by atoms with van der Waals surface area (Å²) >= 11 is 0. The number of nitrogens with zero attached hydrogens (tertiary/aromatic N) is 6. The lowest BCUT2D eigenvalue weighted by Gasteiger charge is -2.27. The van der Waals surface area contributed by atoms with Crippen molar-refractivity contribution in [3.05, 3.63) is 53.9 Å². The summed E-state index contributed by atoms with van der Waals surface area (Å²) in [5, 5.41) is 8.26. The van der Waals surface area contributed by atoms with Crippen LogP contribution in [0.5, 0.6) is 0 Å². The van der Waals surface area contributed by atoms with Crippen molar-refractivity contribution in [2.45, 2.75) is 25.4 Å². The van der Waals surface area contributed by atoms with Gasteiger partial charge in [0.1, 0.15) is 12.1 Å². The number of carbonyl (C=O) groups is 2. The summed E-state index contributed by atoms with van der Waals surface area (Å²) < 4.78 is 6.95. The average Bonchev–Trinajstić information content (AvgIpc) is 3.47. The van der Waals surface area contributed by atoms with Crippen LogP contribution in [0, 0.1) is 0 Å². The fourth-order valence-electron chi connectivity index (χ4n) is 4.30. The Bertz CT molecular complexity index is 1090. The number of hydrogen-bond donors (Lipinski definition) is 0. The summed E-state index contributed by atoms with van der Waals surface area (Å²) in [7, 11) is 0. The van der Waals surface area contributed by atoms with Crippen LogP contribution in [0.15, 0.2) is 42.6 Å². The molecule has 2 fully saturated rings. The molecule has 1 atom stereocenters. The minimum absolute atomic E-state index is 0.00609. The maximum atomic E-state index is 13.1. The zero-order chi connectivity index (χ0) is 21.2. The Kier molecular flexibility index (Phi) is 5.33. The highest BCUT2D eigenvalue weighted by atomic mass is 16.5. The van der Waals surface area contributed by atoms with Gasteiger partial charge in [0.05, 0.1) is 36.0 Å². The molecule has 2 amide bonds. The van der Waals surface area contributed by atoms with E-state index >= 15 is 0 Å². The number of benzene rings is 1. The van der Waals surface area contributed by atoms with Crippen molar-refractivity contribution >= 4 is 22.8 Å². The fraction of sp³-hybridized carbons (Fsp3) is 0.409. The summed E-state index contributed by atoms with van der Waals surface area (Å²) in [5.41, 5.74) is 2.99. The molecule has 2 saturated heterocycles. The minimum Gasteiger partial charge on any atom is -0.378 e. The molecule has 31 heavy (non-hydrogen) atoms. The normalized spacial score (nSPS) is 19.2. The average molecular weight is 420 g/mol. The second-order valence-electron chi connectivity index (χ2n) is 7.86. The number of carbonyl (C=O) groups excluding carboxylic acids is 2. The third-order valence-corrected chi connectivity index (χ3v) is 5.95. The predicted molar refractivity (Wildman–Crippen MR) is 112 cm³/mol. The highest BCUT2D eigenvalue weighted by Crippen LogP contribution is 2.31. The van der Waals surface area contributed by atoms with E-state index in [1.54, 1.807) is 15.8 Å². The van der Waals surface area contributed by atoms with Crippen LogP contribution in [0.25, 0.3) is 11.0 Å². The third-order valence-electron chi connectivity index (χ3n) is 5.95. The predicted octanol–water partition coefficient (Wildman–Crippen LogP) is 1.66. The van der Waals surface area contributed by atoms with Crippen LogP contribution in [0.3, 0.4) is 0 Å². The molecule has 2 aliphatic heterocycles. The fourth-order valence-corrected chi connectivity index (χ4v) is 4.30. The molecular formula is C22H24N6O3. The summed E-state index contributed by atoms with van der Waals surface area (Å²) in [6.45, 7) is 3.16. The van der Waals surface area contributed by atoms with Crippen LogP contribution >= 0.6 is 0 Å². The van der Waals surface area contributed by atoms with Crippen molar-refractivity contribution in [3.8, 4) is 0 Å². The van der Waals surface area contributed by atoms with E-state index in [4.69, 9.17) is 4.74 Å². The summed E-state index contributed by atoms with van der Waals surface area (Å²) in [5.74, 6) is -0.0341. The molecule has 2 aliphatic rings. The first kappa shape index (κ1) is 19.6. The van der Waals surface area contributed by atoms with Crippen molar-refractivity contribution in [1.82, 2.24) is 29.8 Å². The maximum absolute atomic E-state index is 13.1. The summed E-state index contributed by atoms with van der Waals surface area (Å²) in [6.07, 6.45) is 3.40. The Morgan fingerprint density at radius 2 is 1.90 bits per heavy atom. The van der Waals surface area contributed by atoms with Crippen molar-refractivity contribution in [3.63, 3.8) is 0 Å². The number of likely N-dealkylation sites (tertiary alicyclic amines) is 1. The molecule has 0 radical (unpaired) electrons. The van der Waals surface area contributed by atoms with Gasteiger partial charge in [0.25, 0.3) is 5.91 Å². The molecule has 0 aliphatic carbocycles. The van der Waals surface area contributed by atoms with Gasteiger partial charge in [-0.3, -0.25) is 14.6 Å². The van der Waals surface area contributed by atoms with E-state index in [0.29, 0.717) is 38.4 Å². The Balaban J connectivity index is 1.29. The topological polar surface area (TPSA) is 93.5 Å². The zero-order valence-corrected chi connectivity index (χ0v) is 17.2. The number of morpholine rings is 1. The van der Waals surface area contributed by atoms with Crippen LogP contribution in [-0.4, -0.2) is 74.4 Å². The van der Waals surface area contributed by atoms with Gasteiger partial charge in [-0.15, -0.1) is 5.10 Å². The molecule has 1 unspecified atom stereocenters. The van der Waals surface area contributed by atoms with Gasteiger partial charge in [0, 0.05) is 25.8 Å². The van der Waals surface area contributed by atoms with Gasteiger partial charge < -0.3 is 14.5 Å². The highest BCUT2D eigenvalue weighted by molar-refractivity contribution is 5.94. The molecule has 5 rings (SSSR count). The van der Waals surface area contributed by atoms with E-state index in [1.165, 1.54) is 0 Å². The van der Waals surface area contributed by atoms with E-state index in [-0.39, 0.29) is 24.4 Å². The van der Waals surface area contributed by atoms with E-state index in [0.717, 1.165) is 29.6 Å². The first-order valence-corrected chi connectivity index (χ1v) is 10.6. The second kappa shape index (κ2) is 8.43. The van der Waals surface area contributed by atoms with Gasteiger partial charge in [0.15, 0.2) is 0 Å². The Hall–Kier alpha value is -3.33. The molecule has 2 aromatic heterocycles. The number of pyridine rings is 1. The molecule has 9 nitrogen and oxygen atoms in total. The lowest BCUT2D eigenvalue weighted by atomic mass is 10.1. The lowest BCUT2D eigenvalue weighted by molar-refractivity contribution is -0.133. The molecule has 0 saturated carbocycles. The number of amides is 2. The van der Waals surface area contributed by atoms with Crippen molar-refractivity contribution < 1.29 is 14.3 Å². The Morgan fingerprint density at radius 3 is 2.71 bits per heavy atom. The van der Waals surface area contributed by atoms with E-state index in [2.05, 4.69) is 15.3 Å². The van der Waals surface area contributed by atoms with Crippen LogP contribution < -0.4 is 0 Å². The van der Waals surface area contributed by atoms with E-state index < -0.39 is 0 Å². The third kappa shape index (κ3) is 3.88. The molecule has 0 spiro atoms. The largest absolute Gasteiger partial charge is 0.378 e. The summed E-state index contributed by atoms with van der Waals surface area (Å²) in [4.78, 5) is 33.9. The lowest BCUT2D eigenvalue weighted by Crippen LogP contribution is -2.40. The van der Waals surface area contributed by atoms with Crippen molar-refractivity contribution in [2.75, 3.05) is 32.8 Å². The second-order valence-corrected chi connectivity index (χ2v) is 7.86. The van der Waals surface area contributed by atoms with Gasteiger partial charge in [-0.05, 0) is 37.1 Å². The molecule has 160 valence electrons. The minimum atomic E-state index is -0.0881. The molecular weight excluding hydrogens is 396 g/mol. The molecule has 1 aromatic carbocycles. The van der Waals surface area contributed by atoms with Gasteiger partial charge in [-0.2, -0.15) is 0 Å². The van der Waals surface area contributed by atoms with Gasteiger partial charge in [-0.1, -0.05) is 17.3 Å². The van der Waals surface area contributed by atoms with Gasteiger partial charge >= 0.3 is 0 Å². The number of para-hydroxylation sites is 1. The number of ether oxygens (including phenoxy) is 1. The first-order valence-electron chi connectivity index (χ1n) is 10.6. The molecule has 3 aromatic rings. The molecule has 4 heterocycles. The smallest absolute Gasteiger partial charge is 0.255 e. The molecule has 0 N–H and O–H groups in total. The quantitative estimate of drug-likeness (QED) is 0.637. The van der Waals surface area contributed by atoms with Crippen LogP contribution in [0.4, 0.5) is 0 Å². The Morgan fingerprint density at radius 1 is 1.06 bits per heavy atom. The van der Waals surface area contributed by atoms with Crippen LogP contribution in [0.2, 0.25) is 0 Å². The van der Waals surface area contributed by atoms with E-state index in [9.17, 15) is 9.59 Å². The number of rotatable bonds is 4. The van der Waals surface area contributed by atoms with Crippen LogP contribution in [0.1, 0.15) is 34.9 Å². The van der Waals surface area contributed by atoms with E-state index in [1.807, 2.05) is 41.3 Å².